The Hall–Kier alpha value is -2.99. The zero-order valence-electron chi connectivity index (χ0n) is 12.4. The summed E-state index contributed by atoms with van der Waals surface area (Å²) in [7, 11) is 0. The Morgan fingerprint density at radius 3 is 2.58 bits per heavy atom. The van der Waals surface area contributed by atoms with Crippen LogP contribution in [0.15, 0.2) is 52.9 Å². The highest BCUT2D eigenvalue weighted by Gasteiger charge is 2.13. The van der Waals surface area contributed by atoms with E-state index in [0.29, 0.717) is 22.0 Å². The first-order valence-corrected chi connectivity index (χ1v) is 7.41. The summed E-state index contributed by atoms with van der Waals surface area (Å²) in [6.45, 7) is -0.201. The molecular weight excluding hydrogens is 332 g/mol. The first-order chi connectivity index (χ1) is 11.5. The lowest BCUT2D eigenvalue weighted by Crippen LogP contribution is -2.20. The molecule has 24 heavy (non-hydrogen) atoms. The molecule has 3 aromatic rings. The third kappa shape index (κ3) is 3.67. The van der Waals surface area contributed by atoms with Crippen LogP contribution in [0.4, 0.5) is 5.69 Å². The zero-order valence-corrected chi connectivity index (χ0v) is 13.2. The zero-order chi connectivity index (χ0) is 17.1. The van der Waals surface area contributed by atoms with E-state index in [9.17, 15) is 9.59 Å². The number of nitrogens with one attached hydrogen (secondary N) is 1. The van der Waals surface area contributed by atoms with E-state index in [-0.39, 0.29) is 18.3 Å². The molecule has 2 aromatic carbocycles. The van der Waals surface area contributed by atoms with Crippen molar-refractivity contribution in [2.45, 2.75) is 0 Å². The van der Waals surface area contributed by atoms with Gasteiger partial charge in [0.25, 0.3) is 11.8 Å². The predicted octanol–water partition coefficient (Wildman–Crippen LogP) is 3.20. The Balaban J connectivity index is 1.70. The fourth-order valence-electron chi connectivity index (χ4n) is 2.11. The van der Waals surface area contributed by atoms with Crippen molar-refractivity contribution in [3.05, 3.63) is 59.3 Å². The lowest BCUT2D eigenvalue weighted by molar-refractivity contribution is -0.119. The molecule has 1 aromatic heterocycles. The van der Waals surface area contributed by atoms with Crippen molar-refractivity contribution in [3.8, 4) is 5.75 Å². The first kappa shape index (κ1) is 15.9. The molecule has 0 bridgehead atoms. The van der Waals surface area contributed by atoms with E-state index in [2.05, 4.69) is 5.32 Å². The standard InChI is InChI=1S/C17H13ClN2O4/c18-11-1-6-14-10(7-11)8-15(24-14)17(22)20-12-2-4-13(5-3-12)23-9-16(19)21/h1-8H,9H2,(H2,19,21)(H,20,22). The Kier molecular flexibility index (Phi) is 4.39. The van der Waals surface area contributed by atoms with Gasteiger partial charge in [-0.1, -0.05) is 11.6 Å². The number of furan rings is 1. The quantitative estimate of drug-likeness (QED) is 0.743. The largest absolute Gasteiger partial charge is 0.484 e. The molecule has 0 unspecified atom stereocenters. The summed E-state index contributed by atoms with van der Waals surface area (Å²) in [6.07, 6.45) is 0. The number of carbonyl (C=O) groups is 2. The van der Waals surface area contributed by atoms with Crippen LogP contribution in [0.5, 0.6) is 5.75 Å². The van der Waals surface area contributed by atoms with Crippen molar-refractivity contribution in [2.24, 2.45) is 5.73 Å². The van der Waals surface area contributed by atoms with Crippen molar-refractivity contribution in [3.63, 3.8) is 0 Å². The van der Waals surface area contributed by atoms with Gasteiger partial charge in [0.15, 0.2) is 12.4 Å². The Morgan fingerprint density at radius 1 is 1.12 bits per heavy atom. The molecule has 0 aliphatic heterocycles. The molecule has 0 radical (unpaired) electrons. The molecule has 0 fully saturated rings. The minimum Gasteiger partial charge on any atom is -0.484 e. The van der Waals surface area contributed by atoms with Crippen molar-refractivity contribution >= 4 is 40.1 Å². The van der Waals surface area contributed by atoms with Gasteiger partial charge in [-0.3, -0.25) is 9.59 Å². The van der Waals surface area contributed by atoms with Gasteiger partial charge in [-0.25, -0.2) is 0 Å². The fraction of sp³-hybridized carbons (Fsp3) is 0.0588. The normalized spacial score (nSPS) is 10.5. The van der Waals surface area contributed by atoms with Gasteiger partial charge in [-0.05, 0) is 48.5 Å². The number of primary amides is 1. The van der Waals surface area contributed by atoms with Gasteiger partial charge in [0.05, 0.1) is 0 Å². The third-order valence-electron chi connectivity index (χ3n) is 3.20. The van der Waals surface area contributed by atoms with Crippen LogP contribution < -0.4 is 15.8 Å². The van der Waals surface area contributed by atoms with Crippen LogP contribution in [0.3, 0.4) is 0 Å². The Morgan fingerprint density at radius 2 is 1.88 bits per heavy atom. The molecule has 3 rings (SSSR count). The number of amides is 2. The summed E-state index contributed by atoms with van der Waals surface area (Å²) in [5, 5.41) is 4.04. The van der Waals surface area contributed by atoms with E-state index in [1.807, 2.05) is 0 Å². The summed E-state index contributed by atoms with van der Waals surface area (Å²) in [5.41, 5.74) is 6.15. The van der Waals surface area contributed by atoms with Crippen molar-refractivity contribution in [1.82, 2.24) is 0 Å². The molecule has 0 aliphatic rings. The summed E-state index contributed by atoms with van der Waals surface area (Å²) >= 11 is 5.91. The van der Waals surface area contributed by atoms with Gasteiger partial charge in [0.1, 0.15) is 11.3 Å². The van der Waals surface area contributed by atoms with Crippen LogP contribution in [0.2, 0.25) is 5.02 Å². The molecule has 122 valence electrons. The van der Waals surface area contributed by atoms with Crippen LogP contribution >= 0.6 is 11.6 Å². The summed E-state index contributed by atoms with van der Waals surface area (Å²) in [5.74, 6) is -0.281. The molecule has 6 nitrogen and oxygen atoms in total. The second kappa shape index (κ2) is 6.64. The second-order valence-electron chi connectivity index (χ2n) is 5.03. The lowest BCUT2D eigenvalue weighted by atomic mass is 10.2. The number of anilines is 1. The topological polar surface area (TPSA) is 94.6 Å². The molecule has 0 aliphatic carbocycles. The van der Waals surface area contributed by atoms with Gasteiger partial charge >= 0.3 is 0 Å². The van der Waals surface area contributed by atoms with E-state index >= 15 is 0 Å². The van der Waals surface area contributed by atoms with E-state index in [1.54, 1.807) is 48.5 Å². The lowest BCUT2D eigenvalue weighted by Gasteiger charge is -2.06. The number of benzene rings is 2. The number of halogens is 1. The molecule has 0 saturated heterocycles. The summed E-state index contributed by atoms with van der Waals surface area (Å²) in [4.78, 5) is 22.9. The maximum absolute atomic E-state index is 12.2. The number of hydrogen-bond acceptors (Lipinski definition) is 4. The minimum absolute atomic E-state index is 0.182. The molecular formula is C17H13ClN2O4. The third-order valence-corrected chi connectivity index (χ3v) is 3.43. The van der Waals surface area contributed by atoms with Gasteiger partial charge in [0, 0.05) is 16.1 Å². The van der Waals surface area contributed by atoms with Crippen LogP contribution in [0, 0.1) is 0 Å². The van der Waals surface area contributed by atoms with Crippen molar-refractivity contribution in [2.75, 3.05) is 11.9 Å². The number of hydrogen-bond donors (Lipinski definition) is 2. The number of carbonyl (C=O) groups excluding carboxylic acids is 2. The fourth-order valence-corrected chi connectivity index (χ4v) is 2.29. The van der Waals surface area contributed by atoms with Gasteiger partial charge in [-0.15, -0.1) is 0 Å². The monoisotopic (exact) mass is 344 g/mol. The number of ether oxygens (including phenoxy) is 1. The first-order valence-electron chi connectivity index (χ1n) is 7.03. The Bertz CT molecular complexity index is 903. The molecule has 0 atom stereocenters. The van der Waals surface area contributed by atoms with Crippen LogP contribution in [0.1, 0.15) is 10.6 Å². The van der Waals surface area contributed by atoms with Crippen LogP contribution in [0.25, 0.3) is 11.0 Å². The molecule has 2 amide bonds. The molecule has 0 saturated carbocycles. The molecule has 7 heteroatoms. The second-order valence-corrected chi connectivity index (χ2v) is 5.46. The highest BCUT2D eigenvalue weighted by Crippen LogP contribution is 2.24. The van der Waals surface area contributed by atoms with Crippen molar-refractivity contribution < 1.29 is 18.7 Å². The van der Waals surface area contributed by atoms with Gasteiger partial charge in [0.2, 0.25) is 0 Å². The van der Waals surface area contributed by atoms with Gasteiger partial charge in [-0.2, -0.15) is 0 Å². The average Bonchev–Trinajstić information content (AvgIpc) is 2.97. The maximum Gasteiger partial charge on any atom is 0.291 e. The number of fused-ring (bicyclic) bond motifs is 1. The minimum atomic E-state index is -0.558. The molecule has 0 spiro atoms. The predicted molar refractivity (Wildman–Crippen MR) is 90.3 cm³/mol. The van der Waals surface area contributed by atoms with Crippen LogP contribution in [-0.4, -0.2) is 18.4 Å². The van der Waals surface area contributed by atoms with E-state index in [4.69, 9.17) is 26.5 Å². The Labute approximate surface area is 142 Å². The van der Waals surface area contributed by atoms with E-state index in [0.717, 1.165) is 5.39 Å². The SMILES string of the molecule is NC(=O)COc1ccc(NC(=O)c2cc3cc(Cl)ccc3o2)cc1. The number of rotatable bonds is 5. The van der Waals surface area contributed by atoms with Crippen LogP contribution in [-0.2, 0) is 4.79 Å². The van der Waals surface area contributed by atoms with Gasteiger partial charge < -0.3 is 20.2 Å². The smallest absolute Gasteiger partial charge is 0.291 e. The highest BCUT2D eigenvalue weighted by atomic mass is 35.5. The average molecular weight is 345 g/mol. The van der Waals surface area contributed by atoms with Crippen molar-refractivity contribution in [1.29, 1.82) is 0 Å². The highest BCUT2D eigenvalue weighted by molar-refractivity contribution is 6.31. The summed E-state index contributed by atoms with van der Waals surface area (Å²) in [6, 6.07) is 13.3. The number of nitrogens with two attached hydrogens (primary N) is 1. The maximum atomic E-state index is 12.2. The molecule has 3 N–H and O–H groups in total. The van der Waals surface area contributed by atoms with E-state index in [1.165, 1.54) is 0 Å². The summed E-state index contributed by atoms with van der Waals surface area (Å²) < 4.78 is 10.6. The molecule has 1 heterocycles. The van der Waals surface area contributed by atoms with E-state index < -0.39 is 5.91 Å².